The average molecular weight is 280 g/mol. The third kappa shape index (κ3) is 3.08. The van der Waals surface area contributed by atoms with Crippen molar-refractivity contribution < 1.29 is 14.7 Å². The van der Waals surface area contributed by atoms with Crippen molar-refractivity contribution in [3.05, 3.63) is 35.9 Å². The third-order valence-corrected chi connectivity index (χ3v) is 4.00. The molecule has 0 radical (unpaired) electrons. The molecule has 3 N–H and O–H groups in total. The van der Waals surface area contributed by atoms with Gasteiger partial charge >= 0.3 is 0 Å². The van der Waals surface area contributed by atoms with Gasteiger partial charge in [-0.2, -0.15) is 0 Å². The number of carbonyl (C=O) groups is 2. The van der Waals surface area contributed by atoms with E-state index in [-0.39, 0.29) is 17.8 Å². The largest absolute Gasteiger partial charge is 0.394 e. The summed E-state index contributed by atoms with van der Waals surface area (Å²) in [6.45, 7) is 1.54. The second kappa shape index (κ2) is 5.63. The standard InChI is InChI=1S/C13H16N2O3S/c1-13(8-16,9-5-3-2-4-6-9)15-11(17)10-7-19-12(18)14-10/h2-6,10,16H,7-8H2,1H3,(H,14,18)(H,15,17). The van der Waals surface area contributed by atoms with Gasteiger partial charge in [0.15, 0.2) is 0 Å². The summed E-state index contributed by atoms with van der Waals surface area (Å²) >= 11 is 1.09. The molecule has 0 saturated carbocycles. The molecule has 1 heterocycles. The first-order valence-electron chi connectivity index (χ1n) is 5.97. The predicted octanol–water partition coefficient (Wildman–Crippen LogP) is 0.835. The van der Waals surface area contributed by atoms with Gasteiger partial charge in [0, 0.05) is 5.75 Å². The smallest absolute Gasteiger partial charge is 0.279 e. The van der Waals surface area contributed by atoms with Gasteiger partial charge in [0.05, 0.1) is 12.1 Å². The minimum Gasteiger partial charge on any atom is -0.394 e. The van der Waals surface area contributed by atoms with Gasteiger partial charge in [-0.15, -0.1) is 0 Å². The van der Waals surface area contributed by atoms with Crippen molar-refractivity contribution in [1.82, 2.24) is 10.6 Å². The summed E-state index contributed by atoms with van der Waals surface area (Å²) in [5.41, 5.74) is -0.0288. The Hall–Kier alpha value is -1.53. The lowest BCUT2D eigenvalue weighted by Crippen LogP contribution is -2.53. The molecule has 1 fully saturated rings. The Morgan fingerprint density at radius 1 is 1.53 bits per heavy atom. The van der Waals surface area contributed by atoms with E-state index in [2.05, 4.69) is 10.6 Å². The maximum Gasteiger partial charge on any atom is 0.279 e. The van der Waals surface area contributed by atoms with E-state index in [0.29, 0.717) is 5.75 Å². The van der Waals surface area contributed by atoms with Crippen LogP contribution in [-0.2, 0) is 10.3 Å². The molecule has 19 heavy (non-hydrogen) atoms. The normalized spacial score (nSPS) is 21.6. The van der Waals surface area contributed by atoms with E-state index in [1.54, 1.807) is 6.92 Å². The maximum atomic E-state index is 12.1. The topological polar surface area (TPSA) is 78.4 Å². The Bertz CT molecular complexity index is 480. The molecule has 2 atom stereocenters. The molecule has 0 spiro atoms. The number of thioether (sulfide) groups is 1. The summed E-state index contributed by atoms with van der Waals surface area (Å²) in [4.78, 5) is 23.2. The van der Waals surface area contributed by atoms with E-state index >= 15 is 0 Å². The quantitative estimate of drug-likeness (QED) is 0.763. The van der Waals surface area contributed by atoms with Gasteiger partial charge in [-0.25, -0.2) is 0 Å². The predicted molar refractivity (Wildman–Crippen MR) is 73.8 cm³/mol. The molecule has 5 nitrogen and oxygen atoms in total. The Morgan fingerprint density at radius 2 is 2.21 bits per heavy atom. The number of carbonyl (C=O) groups excluding carboxylic acids is 2. The van der Waals surface area contributed by atoms with E-state index in [0.717, 1.165) is 17.3 Å². The van der Waals surface area contributed by atoms with Crippen molar-refractivity contribution >= 4 is 22.9 Å². The van der Waals surface area contributed by atoms with Crippen molar-refractivity contribution in [2.75, 3.05) is 12.4 Å². The number of hydrogen-bond donors (Lipinski definition) is 3. The molecule has 102 valence electrons. The van der Waals surface area contributed by atoms with Gasteiger partial charge in [0.25, 0.3) is 5.24 Å². The molecule has 1 aliphatic heterocycles. The number of benzene rings is 1. The molecule has 1 aromatic rings. The van der Waals surface area contributed by atoms with Crippen LogP contribution in [-0.4, -0.2) is 34.7 Å². The van der Waals surface area contributed by atoms with Crippen LogP contribution in [0, 0.1) is 0 Å². The van der Waals surface area contributed by atoms with Crippen molar-refractivity contribution in [3.63, 3.8) is 0 Å². The first kappa shape index (κ1) is 13.9. The zero-order chi connectivity index (χ0) is 13.9. The lowest BCUT2D eigenvalue weighted by atomic mass is 9.92. The molecule has 0 bridgehead atoms. The van der Waals surface area contributed by atoms with Crippen molar-refractivity contribution in [3.8, 4) is 0 Å². The Kier molecular flexibility index (Phi) is 4.11. The fourth-order valence-corrected chi connectivity index (χ4v) is 2.67. The van der Waals surface area contributed by atoms with Crippen LogP contribution in [0.3, 0.4) is 0 Å². The monoisotopic (exact) mass is 280 g/mol. The van der Waals surface area contributed by atoms with Gasteiger partial charge in [-0.3, -0.25) is 9.59 Å². The summed E-state index contributed by atoms with van der Waals surface area (Å²) in [5.74, 6) is 0.139. The number of rotatable bonds is 4. The molecule has 6 heteroatoms. The summed E-state index contributed by atoms with van der Waals surface area (Å²) in [6, 6.07) is 8.73. The van der Waals surface area contributed by atoms with Crippen LogP contribution < -0.4 is 10.6 Å². The number of aliphatic hydroxyl groups is 1. The van der Waals surface area contributed by atoms with Crippen LogP contribution in [0.15, 0.2) is 30.3 Å². The first-order chi connectivity index (χ1) is 9.05. The van der Waals surface area contributed by atoms with Crippen LogP contribution in [0.4, 0.5) is 4.79 Å². The van der Waals surface area contributed by atoms with Gasteiger partial charge in [-0.1, -0.05) is 42.1 Å². The van der Waals surface area contributed by atoms with Crippen molar-refractivity contribution in [1.29, 1.82) is 0 Å². The highest BCUT2D eigenvalue weighted by Crippen LogP contribution is 2.21. The number of nitrogens with one attached hydrogen (secondary N) is 2. The molecule has 0 aromatic heterocycles. The summed E-state index contributed by atoms with van der Waals surface area (Å²) < 4.78 is 0. The highest BCUT2D eigenvalue weighted by Gasteiger charge is 2.34. The Morgan fingerprint density at radius 3 is 2.74 bits per heavy atom. The van der Waals surface area contributed by atoms with E-state index < -0.39 is 11.6 Å². The molecule has 1 aliphatic rings. The fraction of sp³-hybridized carbons (Fsp3) is 0.385. The van der Waals surface area contributed by atoms with Crippen molar-refractivity contribution in [2.24, 2.45) is 0 Å². The number of hydrogen-bond acceptors (Lipinski definition) is 4. The zero-order valence-electron chi connectivity index (χ0n) is 10.6. The van der Waals surface area contributed by atoms with Crippen molar-refractivity contribution in [2.45, 2.75) is 18.5 Å². The molecule has 2 unspecified atom stereocenters. The van der Waals surface area contributed by atoms with E-state index in [1.165, 1.54) is 0 Å². The molecule has 1 aromatic carbocycles. The molecular weight excluding hydrogens is 264 g/mol. The van der Waals surface area contributed by atoms with Gasteiger partial charge in [0.2, 0.25) is 5.91 Å². The maximum absolute atomic E-state index is 12.1. The van der Waals surface area contributed by atoms with E-state index in [1.807, 2.05) is 30.3 Å². The lowest BCUT2D eigenvalue weighted by Gasteiger charge is -2.30. The van der Waals surface area contributed by atoms with Crippen LogP contribution in [0.5, 0.6) is 0 Å². The number of aliphatic hydroxyl groups excluding tert-OH is 1. The average Bonchev–Trinajstić information content (AvgIpc) is 2.86. The SMILES string of the molecule is CC(CO)(NC(=O)C1CSC(=O)N1)c1ccccc1. The third-order valence-electron chi connectivity index (χ3n) is 3.12. The fourth-order valence-electron chi connectivity index (χ4n) is 1.89. The van der Waals surface area contributed by atoms with Crippen LogP contribution in [0.1, 0.15) is 12.5 Å². The van der Waals surface area contributed by atoms with E-state index in [9.17, 15) is 14.7 Å². The highest BCUT2D eigenvalue weighted by atomic mass is 32.2. The summed E-state index contributed by atoms with van der Waals surface area (Å²) in [7, 11) is 0. The molecule has 0 aliphatic carbocycles. The molecule has 2 rings (SSSR count). The second-order valence-corrected chi connectivity index (χ2v) is 5.63. The van der Waals surface area contributed by atoms with Gasteiger partial charge < -0.3 is 15.7 Å². The minimum atomic E-state index is -0.851. The summed E-state index contributed by atoms with van der Waals surface area (Å²) in [6.07, 6.45) is 0. The van der Waals surface area contributed by atoms with Gasteiger partial charge in [0.1, 0.15) is 6.04 Å². The number of amides is 2. The van der Waals surface area contributed by atoms with Crippen LogP contribution >= 0.6 is 11.8 Å². The van der Waals surface area contributed by atoms with E-state index in [4.69, 9.17) is 0 Å². The lowest BCUT2D eigenvalue weighted by molar-refractivity contribution is -0.124. The minimum absolute atomic E-state index is 0.189. The Labute approximate surface area is 115 Å². The zero-order valence-corrected chi connectivity index (χ0v) is 11.4. The Balaban J connectivity index is 2.10. The summed E-state index contributed by atoms with van der Waals surface area (Å²) in [5, 5.41) is 14.8. The highest BCUT2D eigenvalue weighted by molar-refractivity contribution is 8.14. The molecular formula is C13H16N2O3S. The van der Waals surface area contributed by atoms with Crippen LogP contribution in [0.2, 0.25) is 0 Å². The van der Waals surface area contributed by atoms with Gasteiger partial charge in [-0.05, 0) is 12.5 Å². The molecule has 1 saturated heterocycles. The second-order valence-electron chi connectivity index (χ2n) is 4.64. The first-order valence-corrected chi connectivity index (χ1v) is 6.95. The van der Waals surface area contributed by atoms with Crippen LogP contribution in [0.25, 0.3) is 0 Å². The molecule has 2 amide bonds.